The van der Waals surface area contributed by atoms with E-state index in [4.69, 9.17) is 10.1 Å². The van der Waals surface area contributed by atoms with E-state index in [2.05, 4.69) is 37.1 Å². The van der Waals surface area contributed by atoms with Crippen LogP contribution in [0.4, 0.5) is 0 Å². The van der Waals surface area contributed by atoms with Crippen LogP contribution in [0.2, 0.25) is 0 Å². The number of hydrogen-bond donors (Lipinski definition) is 1. The molecule has 0 saturated carbocycles. The molecule has 0 aliphatic carbocycles. The first-order valence-corrected chi connectivity index (χ1v) is 6.92. The molecule has 0 aromatic heterocycles. The lowest BCUT2D eigenvalue weighted by Gasteiger charge is -2.35. The first kappa shape index (κ1) is 13.8. The summed E-state index contributed by atoms with van der Waals surface area (Å²) in [6.07, 6.45) is 3.70. The molecule has 1 aromatic carbocycles. The van der Waals surface area contributed by atoms with Crippen LogP contribution < -0.4 is 0 Å². The lowest BCUT2D eigenvalue weighted by molar-refractivity contribution is -0.00317. The van der Waals surface area contributed by atoms with Gasteiger partial charge in [0.2, 0.25) is 0 Å². The summed E-state index contributed by atoms with van der Waals surface area (Å²) < 4.78 is 5.93. The van der Waals surface area contributed by atoms with Crippen LogP contribution in [0.3, 0.4) is 0 Å². The Morgan fingerprint density at radius 2 is 2.00 bits per heavy atom. The van der Waals surface area contributed by atoms with Gasteiger partial charge in [-0.1, -0.05) is 37.3 Å². The normalized spacial score (nSPS) is 19.5. The van der Waals surface area contributed by atoms with Gasteiger partial charge >= 0.3 is 0 Å². The number of ether oxygens (including phenoxy) is 1. The van der Waals surface area contributed by atoms with E-state index in [0.717, 1.165) is 24.9 Å². The van der Waals surface area contributed by atoms with E-state index in [9.17, 15) is 0 Å². The molecular formula is C16H22N2O. The Bertz CT molecular complexity index is 453. The lowest BCUT2D eigenvalue weighted by atomic mass is 10.0. The molecule has 0 amide bonds. The van der Waals surface area contributed by atoms with Gasteiger partial charge < -0.3 is 15.0 Å². The largest absolute Gasteiger partial charge is 0.348 e. The summed E-state index contributed by atoms with van der Waals surface area (Å²) >= 11 is 0. The summed E-state index contributed by atoms with van der Waals surface area (Å²) in [5.74, 6) is 0. The molecule has 1 aliphatic heterocycles. The van der Waals surface area contributed by atoms with Crippen molar-refractivity contribution in [2.75, 3.05) is 6.54 Å². The predicted molar refractivity (Wildman–Crippen MR) is 78.1 cm³/mol. The standard InChI is InChI=1S/C16H22N2O/c1-3-13-10-15(17)16(18(4-2)11-13)19-12-14-8-6-5-7-9-14/h5-9,11,16-17H,3-4,10,12H2,1-2H3. The summed E-state index contributed by atoms with van der Waals surface area (Å²) in [7, 11) is 0. The van der Waals surface area contributed by atoms with E-state index >= 15 is 0 Å². The maximum Gasteiger partial charge on any atom is 0.169 e. The summed E-state index contributed by atoms with van der Waals surface area (Å²) in [5, 5.41) is 8.17. The number of rotatable bonds is 5. The summed E-state index contributed by atoms with van der Waals surface area (Å²) in [5.41, 5.74) is 3.13. The zero-order valence-corrected chi connectivity index (χ0v) is 11.7. The Morgan fingerprint density at radius 3 is 2.63 bits per heavy atom. The van der Waals surface area contributed by atoms with Crippen LogP contribution >= 0.6 is 0 Å². The van der Waals surface area contributed by atoms with Gasteiger partial charge in [0.05, 0.1) is 12.3 Å². The molecule has 1 aliphatic rings. The van der Waals surface area contributed by atoms with Gasteiger partial charge in [0.25, 0.3) is 0 Å². The average Bonchev–Trinajstić information content (AvgIpc) is 2.46. The van der Waals surface area contributed by atoms with Crippen molar-refractivity contribution in [3.05, 3.63) is 47.7 Å². The second-order valence-corrected chi connectivity index (χ2v) is 4.82. The zero-order valence-electron chi connectivity index (χ0n) is 11.7. The van der Waals surface area contributed by atoms with Crippen LogP contribution in [-0.4, -0.2) is 23.4 Å². The van der Waals surface area contributed by atoms with Gasteiger partial charge in [0.1, 0.15) is 0 Å². The average molecular weight is 258 g/mol. The fourth-order valence-electron chi connectivity index (χ4n) is 2.30. The highest BCUT2D eigenvalue weighted by Gasteiger charge is 2.25. The molecule has 0 saturated heterocycles. The highest BCUT2D eigenvalue weighted by atomic mass is 16.5. The van der Waals surface area contributed by atoms with Crippen molar-refractivity contribution in [2.24, 2.45) is 0 Å². The van der Waals surface area contributed by atoms with Crippen molar-refractivity contribution in [2.45, 2.75) is 39.5 Å². The third kappa shape index (κ3) is 3.44. The molecule has 0 spiro atoms. The maximum atomic E-state index is 8.17. The van der Waals surface area contributed by atoms with Crippen LogP contribution in [0.1, 0.15) is 32.3 Å². The van der Waals surface area contributed by atoms with E-state index in [-0.39, 0.29) is 6.23 Å². The van der Waals surface area contributed by atoms with Crippen molar-refractivity contribution >= 4 is 5.71 Å². The molecule has 102 valence electrons. The molecule has 1 aromatic rings. The molecule has 2 rings (SSSR count). The first-order valence-electron chi connectivity index (χ1n) is 6.92. The van der Waals surface area contributed by atoms with Gasteiger partial charge in [-0.2, -0.15) is 0 Å². The maximum absolute atomic E-state index is 8.17. The summed E-state index contributed by atoms with van der Waals surface area (Å²) in [4.78, 5) is 2.12. The van der Waals surface area contributed by atoms with Gasteiger partial charge in [-0.15, -0.1) is 0 Å². The second-order valence-electron chi connectivity index (χ2n) is 4.82. The van der Waals surface area contributed by atoms with E-state index < -0.39 is 0 Å². The number of nitrogens with zero attached hydrogens (tertiary/aromatic N) is 1. The number of nitrogens with one attached hydrogen (secondary N) is 1. The molecule has 1 N–H and O–H groups in total. The molecule has 0 radical (unpaired) electrons. The van der Waals surface area contributed by atoms with Crippen LogP contribution in [0.25, 0.3) is 0 Å². The Hall–Kier alpha value is -1.61. The lowest BCUT2D eigenvalue weighted by Crippen LogP contribution is -2.42. The van der Waals surface area contributed by atoms with E-state index in [1.165, 1.54) is 5.57 Å². The third-order valence-corrected chi connectivity index (χ3v) is 3.44. The van der Waals surface area contributed by atoms with Gasteiger partial charge in [0.15, 0.2) is 6.23 Å². The molecule has 19 heavy (non-hydrogen) atoms. The SMILES string of the molecule is CCC1=CN(CC)C(OCc2ccccc2)C(=N)C1. The van der Waals surface area contributed by atoms with E-state index in [0.29, 0.717) is 12.3 Å². The number of benzene rings is 1. The fraction of sp³-hybridized carbons (Fsp3) is 0.438. The van der Waals surface area contributed by atoms with Crippen molar-refractivity contribution in [3.8, 4) is 0 Å². The van der Waals surface area contributed by atoms with Gasteiger partial charge in [-0.3, -0.25) is 0 Å². The van der Waals surface area contributed by atoms with Crippen LogP contribution in [0.15, 0.2) is 42.1 Å². The summed E-state index contributed by atoms with van der Waals surface area (Å²) in [6, 6.07) is 10.1. The minimum atomic E-state index is -0.208. The van der Waals surface area contributed by atoms with Gasteiger partial charge in [0, 0.05) is 19.2 Å². The van der Waals surface area contributed by atoms with Crippen LogP contribution in [-0.2, 0) is 11.3 Å². The molecule has 1 heterocycles. The van der Waals surface area contributed by atoms with Crippen molar-refractivity contribution < 1.29 is 4.74 Å². The van der Waals surface area contributed by atoms with Crippen LogP contribution in [0.5, 0.6) is 0 Å². The minimum absolute atomic E-state index is 0.208. The Kier molecular flexibility index (Phi) is 4.74. The van der Waals surface area contributed by atoms with Crippen molar-refractivity contribution in [1.29, 1.82) is 5.41 Å². The van der Waals surface area contributed by atoms with Crippen molar-refractivity contribution in [1.82, 2.24) is 4.90 Å². The highest BCUT2D eigenvalue weighted by molar-refractivity contribution is 5.88. The van der Waals surface area contributed by atoms with Gasteiger partial charge in [-0.05, 0) is 24.5 Å². The molecule has 3 heteroatoms. The fourth-order valence-corrected chi connectivity index (χ4v) is 2.30. The van der Waals surface area contributed by atoms with E-state index in [1.807, 2.05) is 18.2 Å². The second kappa shape index (κ2) is 6.53. The molecule has 0 fully saturated rings. The van der Waals surface area contributed by atoms with Crippen LogP contribution in [0, 0.1) is 5.41 Å². The monoisotopic (exact) mass is 258 g/mol. The minimum Gasteiger partial charge on any atom is -0.348 e. The quantitative estimate of drug-likeness (QED) is 0.876. The van der Waals surface area contributed by atoms with Gasteiger partial charge in [-0.25, -0.2) is 0 Å². The smallest absolute Gasteiger partial charge is 0.169 e. The Labute approximate surface area is 115 Å². The highest BCUT2D eigenvalue weighted by Crippen LogP contribution is 2.21. The number of allylic oxidation sites excluding steroid dienone is 1. The Balaban J connectivity index is 2.02. The molecule has 3 nitrogen and oxygen atoms in total. The molecule has 1 unspecified atom stereocenters. The topological polar surface area (TPSA) is 36.3 Å². The molecular weight excluding hydrogens is 236 g/mol. The Morgan fingerprint density at radius 1 is 1.26 bits per heavy atom. The molecule has 1 atom stereocenters. The first-order chi connectivity index (χ1) is 9.24. The summed E-state index contributed by atoms with van der Waals surface area (Å²) in [6.45, 7) is 5.66. The van der Waals surface area contributed by atoms with E-state index in [1.54, 1.807) is 0 Å². The van der Waals surface area contributed by atoms with Crippen molar-refractivity contribution in [3.63, 3.8) is 0 Å². The third-order valence-electron chi connectivity index (χ3n) is 3.44. The number of hydrogen-bond acceptors (Lipinski definition) is 3. The predicted octanol–water partition coefficient (Wildman–Crippen LogP) is 3.57. The zero-order chi connectivity index (χ0) is 13.7. The molecule has 0 bridgehead atoms.